The van der Waals surface area contributed by atoms with E-state index in [1.165, 1.54) is 43.5 Å². The Morgan fingerprint density at radius 3 is 1.37 bits per heavy atom. The first-order valence-electron chi connectivity index (χ1n) is 12.5. The van der Waals surface area contributed by atoms with Gasteiger partial charge in [0.15, 0.2) is 0 Å². The molecule has 0 bridgehead atoms. The van der Waals surface area contributed by atoms with Gasteiger partial charge in [0.1, 0.15) is 28.5 Å². The van der Waals surface area contributed by atoms with E-state index >= 15 is 0 Å². The van der Waals surface area contributed by atoms with E-state index in [1.54, 1.807) is 0 Å². The SMILES string of the molecule is Clc1ccc([P+]2(c3ccc(Cl)cc3)C(c3ccccc3)=C(c3ccccc3)c3cc(Cl)ccc32)cc1.F[B-](F)(F)F. The molecular formula is C32H21BCl3F4P. The summed E-state index contributed by atoms with van der Waals surface area (Å²) in [7, 11) is -8.35. The molecule has 0 amide bonds. The van der Waals surface area contributed by atoms with Crippen LogP contribution in [0.5, 0.6) is 0 Å². The average Bonchev–Trinajstić information content (AvgIpc) is 3.25. The zero-order valence-electron chi connectivity index (χ0n) is 21.3. The molecule has 206 valence electrons. The first-order chi connectivity index (χ1) is 19.6. The van der Waals surface area contributed by atoms with E-state index in [4.69, 9.17) is 34.8 Å². The molecule has 1 heterocycles. The number of halogens is 7. The highest BCUT2D eigenvalue weighted by Crippen LogP contribution is 2.73. The lowest BCUT2D eigenvalue weighted by Crippen LogP contribution is -2.30. The highest BCUT2D eigenvalue weighted by atomic mass is 35.5. The van der Waals surface area contributed by atoms with Crippen molar-refractivity contribution >= 4 is 76.1 Å². The summed E-state index contributed by atoms with van der Waals surface area (Å²) in [5.74, 6) is 0. The van der Waals surface area contributed by atoms with Crippen molar-refractivity contribution in [1.29, 1.82) is 0 Å². The molecule has 1 aliphatic heterocycles. The summed E-state index contributed by atoms with van der Waals surface area (Å²) in [6.45, 7) is 0. The van der Waals surface area contributed by atoms with Crippen LogP contribution in [0, 0.1) is 0 Å². The topological polar surface area (TPSA) is 0 Å². The van der Waals surface area contributed by atoms with Crippen LogP contribution in [-0.2, 0) is 0 Å². The largest absolute Gasteiger partial charge is 0.673 e. The minimum atomic E-state index is -6.00. The Labute approximate surface area is 251 Å². The second-order valence-corrected chi connectivity index (χ2v) is 13.8. The molecule has 0 atom stereocenters. The maximum atomic E-state index is 9.75. The van der Waals surface area contributed by atoms with Gasteiger partial charge >= 0.3 is 7.25 Å². The fraction of sp³-hybridized carbons (Fsp3) is 0. The summed E-state index contributed by atoms with van der Waals surface area (Å²) in [6, 6.07) is 44.4. The minimum absolute atomic E-state index is 0.719. The molecule has 9 heteroatoms. The minimum Gasteiger partial charge on any atom is -0.418 e. The molecule has 0 nitrogen and oxygen atoms in total. The van der Waals surface area contributed by atoms with Gasteiger partial charge in [-0.1, -0.05) is 95.5 Å². The van der Waals surface area contributed by atoms with Crippen LogP contribution in [0.1, 0.15) is 16.7 Å². The Morgan fingerprint density at radius 1 is 0.488 bits per heavy atom. The van der Waals surface area contributed by atoms with Crippen LogP contribution < -0.4 is 15.9 Å². The summed E-state index contributed by atoms with van der Waals surface area (Å²) < 4.78 is 39.0. The van der Waals surface area contributed by atoms with Gasteiger partial charge in [0.05, 0.1) is 0 Å². The molecule has 0 unspecified atom stereocenters. The van der Waals surface area contributed by atoms with E-state index < -0.39 is 14.5 Å². The normalized spacial score (nSPS) is 13.8. The van der Waals surface area contributed by atoms with Crippen molar-refractivity contribution in [2.24, 2.45) is 0 Å². The van der Waals surface area contributed by atoms with Crippen molar-refractivity contribution in [2.45, 2.75) is 0 Å². The van der Waals surface area contributed by atoms with Gasteiger partial charge in [0.2, 0.25) is 0 Å². The quantitative estimate of drug-likeness (QED) is 0.105. The second-order valence-electron chi connectivity index (χ2n) is 9.24. The Kier molecular flexibility index (Phi) is 8.64. The van der Waals surface area contributed by atoms with Gasteiger partial charge in [-0.25, -0.2) is 0 Å². The molecule has 0 aliphatic carbocycles. The molecule has 0 radical (unpaired) electrons. The summed E-state index contributed by atoms with van der Waals surface area (Å²) in [6.07, 6.45) is 0. The smallest absolute Gasteiger partial charge is 0.418 e. The van der Waals surface area contributed by atoms with Gasteiger partial charge in [0.25, 0.3) is 0 Å². The van der Waals surface area contributed by atoms with E-state index in [2.05, 4.69) is 97.1 Å². The van der Waals surface area contributed by atoms with E-state index in [0.29, 0.717) is 0 Å². The van der Waals surface area contributed by atoms with Crippen molar-refractivity contribution in [3.05, 3.63) is 159 Å². The molecule has 0 N–H and O–H groups in total. The van der Waals surface area contributed by atoms with Gasteiger partial charge in [-0.2, -0.15) is 0 Å². The fourth-order valence-corrected chi connectivity index (χ4v) is 10.4. The number of hydrogen-bond acceptors (Lipinski definition) is 0. The maximum Gasteiger partial charge on any atom is 0.673 e. The van der Waals surface area contributed by atoms with Crippen LogP contribution in [0.25, 0.3) is 10.9 Å². The Bertz CT molecular complexity index is 1640. The van der Waals surface area contributed by atoms with Crippen molar-refractivity contribution in [1.82, 2.24) is 0 Å². The highest BCUT2D eigenvalue weighted by Gasteiger charge is 2.57. The zero-order valence-corrected chi connectivity index (χ0v) is 24.5. The number of fused-ring (bicyclic) bond motifs is 1. The van der Waals surface area contributed by atoms with Gasteiger partial charge in [-0.15, -0.1) is 0 Å². The molecular weight excluding hydrogens is 608 g/mol. The summed E-state index contributed by atoms with van der Waals surface area (Å²) in [5.41, 5.74) is 4.76. The van der Waals surface area contributed by atoms with E-state index in [0.717, 1.165) is 15.1 Å². The lowest BCUT2D eigenvalue weighted by molar-refractivity contribution is 0.368. The third-order valence-electron chi connectivity index (χ3n) is 6.70. The first-order valence-corrected chi connectivity index (χ1v) is 15.5. The van der Waals surface area contributed by atoms with Gasteiger partial charge < -0.3 is 17.3 Å². The maximum absolute atomic E-state index is 9.75. The Morgan fingerprint density at radius 2 is 0.902 bits per heavy atom. The van der Waals surface area contributed by atoms with Gasteiger partial charge in [-0.3, -0.25) is 0 Å². The lowest BCUT2D eigenvalue weighted by atomic mass is 9.96. The summed E-state index contributed by atoms with van der Waals surface area (Å²) >= 11 is 19.4. The molecule has 6 rings (SSSR count). The lowest BCUT2D eigenvalue weighted by Gasteiger charge is -2.27. The van der Waals surface area contributed by atoms with E-state index in [-0.39, 0.29) is 0 Å². The molecule has 5 aromatic rings. The van der Waals surface area contributed by atoms with Crippen molar-refractivity contribution < 1.29 is 17.3 Å². The molecule has 0 saturated heterocycles. The average molecular weight is 630 g/mol. The van der Waals surface area contributed by atoms with Crippen molar-refractivity contribution in [3.8, 4) is 0 Å². The number of rotatable bonds is 4. The van der Waals surface area contributed by atoms with E-state index in [9.17, 15) is 17.3 Å². The van der Waals surface area contributed by atoms with Gasteiger partial charge in [0, 0.05) is 31.8 Å². The fourth-order valence-electron chi connectivity index (χ4n) is 5.26. The van der Waals surface area contributed by atoms with Crippen LogP contribution in [-0.4, -0.2) is 7.25 Å². The summed E-state index contributed by atoms with van der Waals surface area (Å²) in [5, 5.41) is 7.24. The highest BCUT2D eigenvalue weighted by molar-refractivity contribution is 8.04. The van der Waals surface area contributed by atoms with Crippen LogP contribution in [0.4, 0.5) is 17.3 Å². The molecule has 41 heavy (non-hydrogen) atoms. The van der Waals surface area contributed by atoms with Crippen LogP contribution in [0.3, 0.4) is 0 Å². The third kappa shape index (κ3) is 6.10. The number of hydrogen-bond donors (Lipinski definition) is 0. The van der Waals surface area contributed by atoms with Crippen LogP contribution in [0.15, 0.2) is 127 Å². The molecule has 0 spiro atoms. The predicted octanol–water partition coefficient (Wildman–Crippen LogP) is 10.2. The zero-order chi connectivity index (χ0) is 29.2. The molecule has 5 aromatic carbocycles. The molecule has 0 fully saturated rings. The van der Waals surface area contributed by atoms with Crippen molar-refractivity contribution in [3.63, 3.8) is 0 Å². The van der Waals surface area contributed by atoms with Crippen LogP contribution in [0.2, 0.25) is 15.1 Å². The van der Waals surface area contributed by atoms with Crippen LogP contribution >= 0.6 is 42.1 Å². The molecule has 0 aromatic heterocycles. The van der Waals surface area contributed by atoms with Gasteiger partial charge in [-0.05, 0) is 72.3 Å². The predicted molar refractivity (Wildman–Crippen MR) is 169 cm³/mol. The molecule has 1 aliphatic rings. The number of benzene rings is 5. The Hall–Kier alpha value is -3.08. The first kappa shape index (κ1) is 29.4. The molecule has 0 saturated carbocycles. The summed E-state index contributed by atoms with van der Waals surface area (Å²) in [4.78, 5) is 0. The Balaban J connectivity index is 0.000000623. The standard InChI is InChI=1S/C32H21Cl3P.BF4/c33-24-11-16-27(17-12-24)36(28-18-13-25(34)14-19-28)30-20-15-26(35)21-29(30)31(22-7-3-1-4-8-22)32(36)23-9-5-2-6-10-23;2-1(3,4)5/h1-21H;/q+1;-1. The second kappa shape index (κ2) is 12.0. The third-order valence-corrected chi connectivity index (χ3v) is 11.8. The van der Waals surface area contributed by atoms with E-state index in [1.807, 2.05) is 30.3 Å². The van der Waals surface area contributed by atoms with Crippen molar-refractivity contribution in [2.75, 3.05) is 0 Å². The monoisotopic (exact) mass is 628 g/mol.